The van der Waals surface area contributed by atoms with Crippen LogP contribution in [-0.4, -0.2) is 38.8 Å². The fourth-order valence-corrected chi connectivity index (χ4v) is 5.93. The fourth-order valence-electron chi connectivity index (χ4n) is 5.30. The molecule has 0 unspecified atom stereocenters. The van der Waals surface area contributed by atoms with Gasteiger partial charge in [0.25, 0.3) is 11.8 Å². The molecular weight excluding hydrogens is 490 g/mol. The first-order valence-electron chi connectivity index (χ1n) is 9.65. The van der Waals surface area contributed by atoms with Crippen molar-refractivity contribution in [3.63, 3.8) is 0 Å². The van der Waals surface area contributed by atoms with Gasteiger partial charge in [0, 0.05) is 33.7 Å². The van der Waals surface area contributed by atoms with Gasteiger partial charge in [-0.15, -0.1) is 0 Å². The molecule has 1 heterocycles. The minimum atomic E-state index is -0.844. The number of aromatic hydroxyl groups is 1. The summed E-state index contributed by atoms with van der Waals surface area (Å²) in [6, 6.07) is 4.45. The van der Waals surface area contributed by atoms with E-state index in [1.54, 1.807) is 6.08 Å². The van der Waals surface area contributed by atoms with E-state index in [9.17, 15) is 29.5 Å². The summed E-state index contributed by atoms with van der Waals surface area (Å²) >= 11 is 9.30. The first-order valence-corrected chi connectivity index (χ1v) is 10.8. The Morgan fingerprint density at radius 3 is 2.58 bits per heavy atom. The molecule has 0 saturated carbocycles. The lowest BCUT2D eigenvalue weighted by Crippen LogP contribution is -2.39. The maximum absolute atomic E-state index is 13.0. The minimum absolute atomic E-state index is 0.0839. The Kier molecular flexibility index (Phi) is 4.58. The highest BCUT2D eigenvalue weighted by Crippen LogP contribution is 2.56. The first kappa shape index (κ1) is 20.4. The van der Waals surface area contributed by atoms with Crippen LogP contribution in [0.3, 0.4) is 0 Å². The molecule has 0 spiro atoms. The standard InChI is InChI=1S/C22H15BrClNO6/c23-14-7-16(27)19-13(20(14)28)6-11-9(17(19)12-5-8(24)1-4-15(12)26)2-3-10-18(11)22(30)25(31)21(10)29/h1-2,4-5,7,10-11,17-18,26,31H,3,6H2/t10-,11+,17+,18-/m0/s1. The first-order chi connectivity index (χ1) is 14.7. The summed E-state index contributed by atoms with van der Waals surface area (Å²) in [7, 11) is 0. The zero-order chi connectivity index (χ0) is 22.2. The SMILES string of the molecule is O=C1C=C(Br)C(=O)C2=C1[C@@H](c1cc(Cl)ccc1O)C1=CC[C@@H]3C(=O)N(O)C(=O)[C@@H]3[C@@H]1C2. The summed E-state index contributed by atoms with van der Waals surface area (Å²) < 4.78 is 0.114. The van der Waals surface area contributed by atoms with Crippen molar-refractivity contribution in [3.05, 3.63) is 62.1 Å². The number of fused-ring (bicyclic) bond motifs is 3. The third kappa shape index (κ3) is 2.82. The van der Waals surface area contributed by atoms with E-state index in [4.69, 9.17) is 11.6 Å². The van der Waals surface area contributed by atoms with Crippen molar-refractivity contribution in [2.45, 2.75) is 18.8 Å². The number of imide groups is 1. The molecule has 7 nitrogen and oxygen atoms in total. The number of hydrogen-bond acceptors (Lipinski definition) is 6. The van der Waals surface area contributed by atoms with Crippen molar-refractivity contribution in [2.75, 3.05) is 0 Å². The fraction of sp³-hybridized carbons (Fsp3) is 0.273. The molecule has 4 atom stereocenters. The molecule has 31 heavy (non-hydrogen) atoms. The maximum atomic E-state index is 13.0. The van der Waals surface area contributed by atoms with Crippen molar-refractivity contribution in [2.24, 2.45) is 17.8 Å². The molecule has 1 saturated heterocycles. The molecule has 2 amide bonds. The molecule has 9 heteroatoms. The van der Waals surface area contributed by atoms with Crippen LogP contribution in [0, 0.1) is 17.8 Å². The van der Waals surface area contributed by atoms with Gasteiger partial charge >= 0.3 is 0 Å². The Morgan fingerprint density at radius 1 is 1.10 bits per heavy atom. The van der Waals surface area contributed by atoms with E-state index in [1.165, 1.54) is 24.3 Å². The molecule has 0 radical (unpaired) electrons. The maximum Gasteiger partial charge on any atom is 0.257 e. The number of carbonyl (C=O) groups excluding carboxylic acids is 4. The number of benzene rings is 1. The summed E-state index contributed by atoms with van der Waals surface area (Å²) in [5.41, 5.74) is 1.49. The van der Waals surface area contributed by atoms with Crippen molar-refractivity contribution >= 4 is 50.9 Å². The van der Waals surface area contributed by atoms with Crippen LogP contribution in [-0.2, 0) is 19.2 Å². The second kappa shape index (κ2) is 6.98. The van der Waals surface area contributed by atoms with Crippen molar-refractivity contribution < 1.29 is 29.5 Å². The molecule has 5 rings (SSSR count). The van der Waals surface area contributed by atoms with Gasteiger partial charge < -0.3 is 5.11 Å². The Bertz CT molecular complexity index is 1200. The van der Waals surface area contributed by atoms with E-state index in [0.29, 0.717) is 16.2 Å². The van der Waals surface area contributed by atoms with E-state index < -0.39 is 35.5 Å². The van der Waals surface area contributed by atoms with Crippen LogP contribution in [0.15, 0.2) is 51.6 Å². The number of amides is 2. The van der Waals surface area contributed by atoms with Gasteiger partial charge in [-0.1, -0.05) is 23.3 Å². The number of phenolic OH excluding ortho intramolecular Hbond substituents is 1. The lowest BCUT2D eigenvalue weighted by atomic mass is 9.59. The zero-order valence-electron chi connectivity index (χ0n) is 15.8. The average molecular weight is 505 g/mol. The van der Waals surface area contributed by atoms with Gasteiger partial charge in [0.1, 0.15) is 5.75 Å². The third-order valence-corrected chi connectivity index (χ3v) is 7.43. The summed E-state index contributed by atoms with van der Waals surface area (Å²) in [6.45, 7) is 0. The summed E-state index contributed by atoms with van der Waals surface area (Å²) in [6.07, 6.45) is 3.29. The highest BCUT2D eigenvalue weighted by molar-refractivity contribution is 9.12. The number of phenols is 1. The van der Waals surface area contributed by atoms with Crippen LogP contribution in [0.2, 0.25) is 5.02 Å². The van der Waals surface area contributed by atoms with Crippen molar-refractivity contribution in [1.29, 1.82) is 0 Å². The number of carbonyl (C=O) groups is 4. The van der Waals surface area contributed by atoms with E-state index in [1.807, 2.05) is 0 Å². The molecule has 3 aliphatic carbocycles. The summed E-state index contributed by atoms with van der Waals surface area (Å²) in [4.78, 5) is 51.0. The quantitative estimate of drug-likeness (QED) is 0.263. The molecular formula is C22H15BrClNO6. The van der Waals surface area contributed by atoms with Crippen LogP contribution in [0.5, 0.6) is 5.75 Å². The van der Waals surface area contributed by atoms with Crippen LogP contribution >= 0.6 is 27.5 Å². The second-order valence-electron chi connectivity index (χ2n) is 8.09. The average Bonchev–Trinajstić information content (AvgIpc) is 2.96. The molecule has 0 aromatic heterocycles. The monoisotopic (exact) mass is 503 g/mol. The highest BCUT2D eigenvalue weighted by atomic mass is 79.9. The third-order valence-electron chi connectivity index (χ3n) is 6.61. The zero-order valence-corrected chi connectivity index (χ0v) is 18.2. The minimum Gasteiger partial charge on any atom is -0.508 e. The predicted molar refractivity (Wildman–Crippen MR) is 111 cm³/mol. The molecule has 158 valence electrons. The molecule has 1 aromatic carbocycles. The normalized spacial score (nSPS) is 30.1. The predicted octanol–water partition coefficient (Wildman–Crippen LogP) is 3.20. The number of nitrogens with zero attached hydrogens (tertiary/aromatic N) is 1. The highest BCUT2D eigenvalue weighted by Gasteiger charge is 2.56. The Morgan fingerprint density at radius 2 is 1.84 bits per heavy atom. The number of ketones is 2. The number of Topliss-reactive ketones (excluding diaryl/α,β-unsaturated/α-hetero) is 1. The number of hydroxylamine groups is 2. The Hall–Kier alpha value is -2.55. The molecule has 2 N–H and O–H groups in total. The molecule has 1 aromatic rings. The van der Waals surface area contributed by atoms with Gasteiger partial charge in [0.15, 0.2) is 11.6 Å². The van der Waals surface area contributed by atoms with Crippen LogP contribution < -0.4 is 0 Å². The van der Waals surface area contributed by atoms with Crippen molar-refractivity contribution in [3.8, 4) is 5.75 Å². The lowest BCUT2D eigenvalue weighted by molar-refractivity contribution is -0.173. The van der Waals surface area contributed by atoms with E-state index in [0.717, 1.165) is 0 Å². The topological polar surface area (TPSA) is 112 Å². The van der Waals surface area contributed by atoms with Crippen LogP contribution in [0.25, 0.3) is 0 Å². The van der Waals surface area contributed by atoms with Gasteiger partial charge in [-0.05, 0) is 52.9 Å². The molecule has 0 bridgehead atoms. The van der Waals surface area contributed by atoms with Gasteiger partial charge in [-0.2, -0.15) is 5.06 Å². The van der Waals surface area contributed by atoms with Crippen molar-refractivity contribution in [1.82, 2.24) is 5.06 Å². The molecule has 4 aliphatic rings. The Labute approximate surface area is 189 Å². The summed E-state index contributed by atoms with van der Waals surface area (Å²) in [5.74, 6) is -5.17. The van der Waals surface area contributed by atoms with Gasteiger partial charge in [0.05, 0.1) is 16.3 Å². The lowest BCUT2D eigenvalue weighted by Gasteiger charge is -2.42. The largest absolute Gasteiger partial charge is 0.508 e. The van der Waals surface area contributed by atoms with E-state index in [-0.39, 0.29) is 50.8 Å². The van der Waals surface area contributed by atoms with Crippen LogP contribution in [0.1, 0.15) is 24.3 Å². The smallest absolute Gasteiger partial charge is 0.257 e. The van der Waals surface area contributed by atoms with Gasteiger partial charge in [0.2, 0.25) is 0 Å². The molecule has 1 fully saturated rings. The van der Waals surface area contributed by atoms with Gasteiger partial charge in [-0.25, -0.2) is 0 Å². The van der Waals surface area contributed by atoms with Crippen LogP contribution in [0.4, 0.5) is 0 Å². The van der Waals surface area contributed by atoms with E-state index in [2.05, 4.69) is 15.9 Å². The number of halogens is 2. The number of allylic oxidation sites excluding steroid dienone is 6. The van der Waals surface area contributed by atoms with E-state index >= 15 is 0 Å². The number of rotatable bonds is 1. The molecule has 1 aliphatic heterocycles. The Balaban J connectivity index is 1.75. The summed E-state index contributed by atoms with van der Waals surface area (Å²) in [5, 5.41) is 21.0. The van der Waals surface area contributed by atoms with Gasteiger partial charge in [-0.3, -0.25) is 24.4 Å². The second-order valence-corrected chi connectivity index (χ2v) is 9.38. The number of hydrogen-bond donors (Lipinski definition) is 2.